The lowest BCUT2D eigenvalue weighted by atomic mass is 9.96. The van der Waals surface area contributed by atoms with Gasteiger partial charge in [0.25, 0.3) is 0 Å². The molecule has 2 heterocycles. The van der Waals surface area contributed by atoms with Gasteiger partial charge in [-0.05, 0) is 77.2 Å². The average Bonchev–Trinajstić information content (AvgIpc) is 1.72. The molecule has 0 bridgehead atoms. The van der Waals surface area contributed by atoms with Gasteiger partial charge in [-0.2, -0.15) is 0 Å². The summed E-state index contributed by atoms with van der Waals surface area (Å²) in [5.74, 6) is -26.0. The van der Waals surface area contributed by atoms with Crippen LogP contribution in [0.5, 0.6) is 0 Å². The van der Waals surface area contributed by atoms with Crippen molar-refractivity contribution in [3.63, 3.8) is 0 Å². The van der Waals surface area contributed by atoms with Crippen molar-refractivity contribution in [1.29, 1.82) is 0 Å². The number of nitrogens with zero attached hydrogens (tertiary/aromatic N) is 3. The minimum atomic E-state index is -2.14. The first-order valence-corrected chi connectivity index (χ1v) is 37.0. The Morgan fingerprint density at radius 1 is 0.479 bits per heavy atom. The molecule has 2 saturated heterocycles. The van der Waals surface area contributed by atoms with Crippen LogP contribution >= 0.6 is 0 Å². The van der Waals surface area contributed by atoms with E-state index < -0.39 is 280 Å². The van der Waals surface area contributed by atoms with Crippen molar-refractivity contribution < 1.29 is 137 Å². The maximum absolute atomic E-state index is 14.7. The minimum absolute atomic E-state index is 0.0137. The summed E-state index contributed by atoms with van der Waals surface area (Å²) in [6, 6.07) is -15.3. The lowest BCUT2D eigenvalue weighted by Gasteiger charge is -2.33. The summed E-state index contributed by atoms with van der Waals surface area (Å²) in [6.45, 7) is 2.21. The highest BCUT2D eigenvalue weighted by Crippen LogP contribution is 2.24. The first kappa shape index (κ1) is 98.9. The van der Waals surface area contributed by atoms with E-state index in [2.05, 4.69) is 52.8 Å². The number of carbonyl (C=O) groups excluding carboxylic acids is 16. The number of benzene rings is 1. The van der Waals surface area contributed by atoms with Gasteiger partial charge in [-0.3, -0.25) is 96.1 Å². The lowest BCUT2D eigenvalue weighted by Crippen LogP contribution is -2.62. The molecule has 17 atom stereocenters. The minimum Gasteiger partial charge on any atom is -0.481 e. The van der Waals surface area contributed by atoms with E-state index in [0.717, 1.165) is 18.7 Å². The number of aliphatic hydroxyl groups excluding tert-OH is 4. The second-order valence-corrected chi connectivity index (χ2v) is 27.7. The maximum Gasteiger partial charge on any atom is 0.328 e. The quantitative estimate of drug-likeness (QED) is 0.0164. The fourth-order valence-electron chi connectivity index (χ4n) is 11.8. The third-order valence-corrected chi connectivity index (χ3v) is 18.4. The van der Waals surface area contributed by atoms with Gasteiger partial charge in [-0.15, -0.1) is 0 Å². The fourth-order valence-corrected chi connectivity index (χ4v) is 11.8. The van der Waals surface area contributed by atoms with Crippen molar-refractivity contribution in [2.75, 3.05) is 45.9 Å². The molecule has 0 aliphatic carbocycles. The lowest BCUT2D eigenvalue weighted by molar-refractivity contribution is -0.144. The van der Waals surface area contributed by atoms with Crippen LogP contribution in [0.15, 0.2) is 35.3 Å². The van der Waals surface area contributed by atoms with Crippen LogP contribution in [-0.4, -0.2) is 318 Å². The number of aliphatic hydroxyl groups is 4. The van der Waals surface area contributed by atoms with Gasteiger partial charge in [-0.25, -0.2) is 4.79 Å². The summed E-state index contributed by atoms with van der Waals surface area (Å²) >= 11 is 0. The molecule has 2 aliphatic heterocycles. The zero-order chi connectivity index (χ0) is 88.2. The molecule has 2 fully saturated rings. The van der Waals surface area contributed by atoms with Gasteiger partial charge in [0.05, 0.1) is 57.8 Å². The van der Waals surface area contributed by atoms with Gasteiger partial charge in [0.1, 0.15) is 84.6 Å². The van der Waals surface area contributed by atoms with E-state index in [9.17, 15) is 132 Å². The fraction of sp³-hybridized carbons (Fsp3) is 0.609. The van der Waals surface area contributed by atoms with Gasteiger partial charge in [-0.1, -0.05) is 50.6 Å². The molecule has 0 aromatic heterocycles. The SMILES string of the molecule is CC[C@H](C)[C@H](NC(=O)[C@H](Cc1ccccc1)NC(=O)[C@@H]1CCCN1C(=O)[C@@H](N)[C@@H](C)O)C(=O)N1CCC[C@H]1C(=O)N[C@H](C(=O)N[C@@H](CCC(=O)O)C(=O)N[C@@H](CO)C(=O)N[C@@H](C)C(=O)N[C@@H](CC(N)=O)C(=O)N[C@@H](CC(=O)O)C(=O)NCC(=O)N[C@@H](CCCN=C(N)N)C(=O)NCC(=O)N[C@@H](CC(=O)O)C(=O)N[C@@H](CO)C(=O)O)[C@@H](C)O. The van der Waals surface area contributed by atoms with Crippen molar-refractivity contribution in [3.05, 3.63) is 35.9 Å². The molecule has 48 nitrogen and oxygen atoms in total. The third kappa shape index (κ3) is 33.2. The second kappa shape index (κ2) is 48.8. The molecule has 650 valence electrons. The number of nitrogens with two attached hydrogens (primary N) is 4. The van der Waals surface area contributed by atoms with E-state index in [0.29, 0.717) is 18.4 Å². The highest BCUT2D eigenvalue weighted by atomic mass is 16.4. The summed E-state index contributed by atoms with van der Waals surface area (Å²) in [4.78, 5) is 270. The number of carboxylic acid groups (broad SMARTS) is 4. The van der Waals surface area contributed by atoms with Crippen LogP contribution in [0.1, 0.15) is 117 Å². The van der Waals surface area contributed by atoms with Crippen LogP contribution in [0.25, 0.3) is 0 Å². The molecule has 16 amide bonds. The van der Waals surface area contributed by atoms with Crippen LogP contribution in [-0.2, 0) is 102 Å². The van der Waals surface area contributed by atoms with Crippen molar-refractivity contribution in [2.24, 2.45) is 33.8 Å². The van der Waals surface area contributed by atoms with E-state index in [4.69, 9.17) is 28.0 Å². The highest BCUT2D eigenvalue weighted by Gasteiger charge is 2.44. The highest BCUT2D eigenvalue weighted by molar-refractivity contribution is 6.02. The zero-order valence-electron chi connectivity index (χ0n) is 64.7. The normalized spacial score (nSPS) is 17.5. The molecule has 2 aliphatic rings. The Morgan fingerprint density at radius 2 is 0.932 bits per heavy atom. The van der Waals surface area contributed by atoms with Gasteiger partial charge in [0, 0.05) is 32.5 Å². The Kier molecular flexibility index (Phi) is 41.2. The third-order valence-electron chi connectivity index (χ3n) is 18.4. The van der Waals surface area contributed by atoms with Crippen molar-refractivity contribution in [3.8, 4) is 0 Å². The molecule has 0 spiro atoms. The molecule has 48 heteroatoms. The Labute approximate surface area is 668 Å². The number of aliphatic carboxylic acids is 4. The van der Waals surface area contributed by atoms with Gasteiger partial charge in [0.15, 0.2) is 5.96 Å². The molecule has 0 radical (unpaired) electrons. The molecule has 117 heavy (non-hydrogen) atoms. The van der Waals surface area contributed by atoms with Gasteiger partial charge >= 0.3 is 23.9 Å². The first-order chi connectivity index (χ1) is 54.9. The van der Waals surface area contributed by atoms with Crippen molar-refractivity contribution >= 4 is 124 Å². The topological polar surface area (TPSA) is 783 Å². The standard InChI is InChI=1S/C69H106N20O28/c1-6-31(2)53(86-61(109)38(23-35-13-8-7-9-14-35)83-63(111)44-16-11-21-88(44)66(114)52(71)33(4)92)67(115)89-22-12-17-45(89)64(112)87-54(34(5)93)65(113)80-37(18-19-49(97)98)58(106)84-42(29-90)62(110)77-32(3)55(103)81-39(24-46(70)94)59(107)82-40(25-50(99)100)57(105)76-27-47(95)78-36(15-10-20-74-69(72)73)56(104)75-28-48(96)79-41(26-51(101)102)60(108)85-43(30-91)68(116)117/h7-9,13-14,31-34,36-45,52-54,90-93H,6,10-12,15-30,71H2,1-5H3,(H2,70,94)(H,75,104)(H,76,105)(H,77,110)(H,78,95)(H,79,96)(H,80,113)(H,81,103)(H,82,107)(H,83,111)(H,84,106)(H,85,108)(H,86,109)(H,87,112)(H,97,98)(H,99,100)(H,101,102)(H,116,117)(H4,72,73,74)/t31-,32-,33+,34+,36-,37-,38-,39-,40-,41-,42-,43-,44-,45-,52-,53-,54-/m0/s1. The Hall–Kier alpha value is -12.3. The Balaban J connectivity index is 1.75. The monoisotopic (exact) mass is 1660 g/mol. The van der Waals surface area contributed by atoms with Gasteiger partial charge in [0.2, 0.25) is 94.5 Å². The number of nitrogens with one attached hydrogen (secondary N) is 13. The second-order valence-electron chi connectivity index (χ2n) is 27.7. The number of primary amides is 1. The van der Waals surface area contributed by atoms with Crippen LogP contribution in [0.3, 0.4) is 0 Å². The number of guanidine groups is 1. The summed E-state index contributed by atoms with van der Waals surface area (Å²) in [6.07, 6.45) is -7.38. The number of carboxylic acids is 4. The number of carbonyl (C=O) groups is 20. The number of hydrogen-bond donors (Lipinski definition) is 25. The number of hydrogen-bond acceptors (Lipinski definition) is 26. The Bertz CT molecular complexity index is 3770. The largest absolute Gasteiger partial charge is 0.481 e. The van der Waals surface area contributed by atoms with Crippen molar-refractivity contribution in [2.45, 2.75) is 215 Å². The molecular weight excluding hydrogens is 1560 g/mol. The predicted octanol–water partition coefficient (Wildman–Crippen LogP) is -12.3. The van der Waals surface area contributed by atoms with Crippen LogP contribution in [0.4, 0.5) is 0 Å². The molecule has 0 unspecified atom stereocenters. The predicted molar refractivity (Wildman–Crippen MR) is 400 cm³/mol. The molecular formula is C69H106N20O28. The molecule has 0 saturated carbocycles. The number of rotatable bonds is 50. The van der Waals surface area contributed by atoms with E-state index >= 15 is 0 Å². The molecule has 3 rings (SSSR count). The van der Waals surface area contributed by atoms with Crippen LogP contribution in [0, 0.1) is 5.92 Å². The maximum atomic E-state index is 14.7. The smallest absolute Gasteiger partial charge is 0.328 e. The summed E-state index contributed by atoms with van der Waals surface area (Å²) in [7, 11) is 0. The van der Waals surface area contributed by atoms with E-state index in [1.54, 1.807) is 44.2 Å². The van der Waals surface area contributed by atoms with E-state index in [1.807, 2.05) is 21.3 Å². The molecule has 1 aromatic carbocycles. The summed E-state index contributed by atoms with van der Waals surface area (Å²) < 4.78 is 0. The molecule has 29 N–H and O–H groups in total. The molecule has 1 aromatic rings. The number of likely N-dealkylation sites (tertiary alicyclic amines) is 2. The summed E-state index contributed by atoms with van der Waals surface area (Å²) in [5.41, 5.74) is 22.6. The van der Waals surface area contributed by atoms with E-state index in [-0.39, 0.29) is 64.1 Å². The summed E-state index contributed by atoms with van der Waals surface area (Å²) in [5, 5.41) is 107. The van der Waals surface area contributed by atoms with E-state index in [1.165, 1.54) is 11.8 Å². The van der Waals surface area contributed by atoms with Crippen molar-refractivity contribution in [1.82, 2.24) is 78.9 Å². The Morgan fingerprint density at radius 3 is 1.43 bits per heavy atom. The van der Waals surface area contributed by atoms with Crippen LogP contribution < -0.4 is 92.1 Å². The zero-order valence-corrected chi connectivity index (χ0v) is 64.7. The van der Waals surface area contributed by atoms with Crippen LogP contribution in [0.2, 0.25) is 0 Å². The average molecular weight is 1660 g/mol. The van der Waals surface area contributed by atoms with Gasteiger partial charge < -0.3 is 143 Å². The number of aliphatic imine (C=N–C) groups is 1. The first-order valence-electron chi connectivity index (χ1n) is 37.0. The number of amides is 16.